The number of pyridine rings is 1. The molecule has 4 heteroatoms. The lowest BCUT2D eigenvalue weighted by Gasteiger charge is -2.15. The van der Waals surface area contributed by atoms with Gasteiger partial charge in [-0.3, -0.25) is 0 Å². The molecule has 4 nitrogen and oxygen atoms in total. The zero-order valence-electron chi connectivity index (χ0n) is 16.4. The number of hydrogen-bond acceptors (Lipinski definition) is 2. The first kappa shape index (κ1) is 15.3. The maximum absolute atomic E-state index is 5.94. The van der Waals surface area contributed by atoms with Crippen molar-refractivity contribution in [1.82, 2.24) is 9.38 Å². The summed E-state index contributed by atoms with van der Waals surface area (Å²) < 4.78 is 10.6. The molecule has 0 unspecified atom stereocenters. The second-order valence-corrected chi connectivity index (χ2v) is 7.98. The molecule has 0 amide bonds. The van der Waals surface area contributed by atoms with Crippen molar-refractivity contribution in [2.75, 3.05) is 0 Å². The van der Waals surface area contributed by atoms with Crippen molar-refractivity contribution in [3.05, 3.63) is 66.2 Å². The third-order valence-corrected chi connectivity index (χ3v) is 6.61. The summed E-state index contributed by atoms with van der Waals surface area (Å²) in [5, 5.41) is 6.14. The van der Waals surface area contributed by atoms with Crippen LogP contribution in [0.5, 0.6) is 0 Å². The monoisotopic (exact) mass is 376 g/mol. The molecule has 4 aromatic heterocycles. The van der Waals surface area contributed by atoms with Crippen LogP contribution in [0.15, 0.2) is 59.2 Å². The van der Waals surface area contributed by atoms with E-state index >= 15 is 0 Å². The Kier molecular flexibility index (Phi) is 2.55. The fraction of sp³-hybridized carbons (Fsp3) is 0.120. The van der Waals surface area contributed by atoms with Crippen LogP contribution in [0.4, 0.5) is 0 Å². The molecular formula is C25H18N3O+. The van der Waals surface area contributed by atoms with Crippen LogP contribution in [0, 0.1) is 13.8 Å². The van der Waals surface area contributed by atoms with E-state index in [2.05, 4.69) is 78.4 Å². The number of benzene rings is 3. The van der Waals surface area contributed by atoms with Crippen LogP contribution in [0.3, 0.4) is 0 Å². The number of fused-ring (bicyclic) bond motifs is 7. The van der Waals surface area contributed by atoms with E-state index in [-0.39, 0.29) is 0 Å². The normalized spacial score (nSPS) is 12.7. The highest BCUT2D eigenvalue weighted by Gasteiger charge is 2.28. The van der Waals surface area contributed by atoms with E-state index in [9.17, 15) is 0 Å². The third kappa shape index (κ3) is 1.59. The second-order valence-electron chi connectivity index (χ2n) is 7.98. The molecule has 3 aromatic carbocycles. The van der Waals surface area contributed by atoms with Crippen LogP contribution >= 0.6 is 0 Å². The first-order valence-electron chi connectivity index (χ1n) is 9.90. The highest BCUT2D eigenvalue weighted by molar-refractivity contribution is 6.29. The molecule has 0 saturated heterocycles. The summed E-state index contributed by atoms with van der Waals surface area (Å²) in [6.07, 6.45) is 1.80. The van der Waals surface area contributed by atoms with Gasteiger partial charge in [0.2, 0.25) is 5.52 Å². The molecule has 0 atom stereocenters. The predicted molar refractivity (Wildman–Crippen MR) is 117 cm³/mol. The number of aryl methyl sites for hydroxylation is 3. The highest BCUT2D eigenvalue weighted by Crippen LogP contribution is 2.43. The molecule has 138 valence electrons. The maximum Gasteiger partial charge on any atom is 0.296 e. The first-order chi connectivity index (χ1) is 14.2. The smallest absolute Gasteiger partial charge is 0.296 e. The van der Waals surface area contributed by atoms with Crippen molar-refractivity contribution >= 4 is 60.1 Å². The number of nitrogens with zero attached hydrogens (tertiary/aromatic N) is 3. The SMILES string of the molecule is Cc1c2occc2c2cccc3c2c1c1c2c(nc(C)[n+]1C)c1ccccc1n32. The van der Waals surface area contributed by atoms with Gasteiger partial charge in [0.1, 0.15) is 11.1 Å². The molecule has 0 bridgehead atoms. The van der Waals surface area contributed by atoms with Crippen molar-refractivity contribution in [1.29, 1.82) is 0 Å². The molecule has 0 aliphatic carbocycles. The van der Waals surface area contributed by atoms with Crippen molar-refractivity contribution in [2.24, 2.45) is 7.05 Å². The van der Waals surface area contributed by atoms with Crippen LogP contribution in [0.1, 0.15) is 11.4 Å². The van der Waals surface area contributed by atoms with E-state index in [0.29, 0.717) is 0 Å². The molecule has 4 heterocycles. The molecule has 0 saturated carbocycles. The van der Waals surface area contributed by atoms with Crippen molar-refractivity contribution in [2.45, 2.75) is 13.8 Å². The highest BCUT2D eigenvalue weighted by atomic mass is 16.3. The van der Waals surface area contributed by atoms with E-state index in [1.165, 1.54) is 54.6 Å². The zero-order valence-corrected chi connectivity index (χ0v) is 16.4. The van der Waals surface area contributed by atoms with Gasteiger partial charge >= 0.3 is 0 Å². The average molecular weight is 376 g/mol. The Morgan fingerprint density at radius 1 is 0.862 bits per heavy atom. The van der Waals surface area contributed by atoms with Gasteiger partial charge in [-0.2, -0.15) is 0 Å². The van der Waals surface area contributed by atoms with Crippen LogP contribution < -0.4 is 4.57 Å². The Bertz CT molecular complexity index is 1790. The van der Waals surface area contributed by atoms with Gasteiger partial charge in [-0.1, -0.05) is 24.3 Å². The Hall–Kier alpha value is -3.66. The van der Waals surface area contributed by atoms with Gasteiger partial charge in [0, 0.05) is 28.6 Å². The minimum absolute atomic E-state index is 0.969. The van der Waals surface area contributed by atoms with E-state index < -0.39 is 0 Å². The minimum Gasteiger partial charge on any atom is -0.464 e. The van der Waals surface area contributed by atoms with Gasteiger partial charge in [-0.05, 0) is 41.6 Å². The van der Waals surface area contributed by atoms with E-state index in [4.69, 9.17) is 9.40 Å². The quantitative estimate of drug-likeness (QED) is 0.197. The number of aromatic nitrogens is 3. The van der Waals surface area contributed by atoms with E-state index in [1.54, 1.807) is 6.26 Å². The van der Waals surface area contributed by atoms with Gasteiger partial charge in [-0.15, -0.1) is 0 Å². The molecule has 0 spiro atoms. The fourth-order valence-corrected chi connectivity index (χ4v) is 5.27. The van der Waals surface area contributed by atoms with Crippen LogP contribution in [-0.2, 0) is 7.05 Å². The lowest BCUT2D eigenvalue weighted by Crippen LogP contribution is -2.34. The van der Waals surface area contributed by atoms with Crippen molar-refractivity contribution < 1.29 is 8.98 Å². The Morgan fingerprint density at radius 2 is 1.66 bits per heavy atom. The van der Waals surface area contributed by atoms with Gasteiger partial charge in [-0.25, -0.2) is 4.57 Å². The third-order valence-electron chi connectivity index (χ3n) is 6.61. The molecule has 7 aromatic rings. The fourth-order valence-electron chi connectivity index (χ4n) is 5.27. The van der Waals surface area contributed by atoms with Gasteiger partial charge < -0.3 is 8.82 Å². The lowest BCUT2D eigenvalue weighted by atomic mass is 9.95. The topological polar surface area (TPSA) is 34.3 Å². The summed E-state index contributed by atoms with van der Waals surface area (Å²) in [4.78, 5) is 5.00. The number of rotatable bonds is 0. The van der Waals surface area contributed by atoms with Crippen molar-refractivity contribution in [3.8, 4) is 0 Å². The molecule has 0 aliphatic rings. The Morgan fingerprint density at radius 3 is 2.55 bits per heavy atom. The molecule has 29 heavy (non-hydrogen) atoms. The number of para-hydroxylation sites is 1. The lowest BCUT2D eigenvalue weighted by molar-refractivity contribution is -0.653. The maximum atomic E-state index is 5.94. The molecule has 7 rings (SSSR count). The van der Waals surface area contributed by atoms with Gasteiger partial charge in [0.15, 0.2) is 5.52 Å². The zero-order chi connectivity index (χ0) is 19.4. The second kappa shape index (κ2) is 4.84. The van der Waals surface area contributed by atoms with Crippen LogP contribution in [0.2, 0.25) is 0 Å². The summed E-state index contributed by atoms with van der Waals surface area (Å²) in [5.74, 6) is 1.00. The van der Waals surface area contributed by atoms with E-state index in [0.717, 1.165) is 16.9 Å². The van der Waals surface area contributed by atoms with Crippen LogP contribution in [0.25, 0.3) is 60.1 Å². The summed E-state index contributed by atoms with van der Waals surface area (Å²) in [6.45, 7) is 4.26. The minimum atomic E-state index is 0.969. The standard InChI is InChI=1S/C25H18N3O/c1-13-20-21-15(16-11-12-29-25(13)16)8-6-10-19(21)28-18-9-5-4-7-17(18)22-24(28)23(20)27(3)14(2)26-22/h4-12H,1-3H3/q+1. The summed E-state index contributed by atoms with van der Waals surface area (Å²) in [6, 6.07) is 17.3. The predicted octanol–water partition coefficient (Wildman–Crippen LogP) is 5.57. The number of furan rings is 1. The Labute approximate surface area is 165 Å². The first-order valence-corrected chi connectivity index (χ1v) is 9.90. The summed E-state index contributed by atoms with van der Waals surface area (Å²) >= 11 is 0. The molecule has 0 radical (unpaired) electrons. The van der Waals surface area contributed by atoms with Crippen LogP contribution in [-0.4, -0.2) is 9.38 Å². The molecular weight excluding hydrogens is 358 g/mol. The molecule has 0 aliphatic heterocycles. The summed E-state index contributed by atoms with van der Waals surface area (Å²) in [7, 11) is 2.12. The Balaban J connectivity index is 2.03. The largest absolute Gasteiger partial charge is 0.464 e. The number of hydrogen-bond donors (Lipinski definition) is 0. The van der Waals surface area contributed by atoms with Crippen molar-refractivity contribution in [3.63, 3.8) is 0 Å². The molecule has 0 N–H and O–H groups in total. The van der Waals surface area contributed by atoms with Gasteiger partial charge in [0.05, 0.1) is 29.7 Å². The average Bonchev–Trinajstić information content (AvgIpc) is 3.35. The van der Waals surface area contributed by atoms with E-state index in [1.807, 2.05) is 0 Å². The van der Waals surface area contributed by atoms with Gasteiger partial charge in [0.25, 0.3) is 5.82 Å². The molecule has 0 fully saturated rings. The summed E-state index contributed by atoms with van der Waals surface area (Å²) in [5.41, 5.74) is 8.02.